The number of amidine groups is 1. The van der Waals surface area contributed by atoms with E-state index in [2.05, 4.69) is 19.0 Å². The van der Waals surface area contributed by atoms with Gasteiger partial charge in [-0.25, -0.2) is 0 Å². The first-order valence-electron chi connectivity index (χ1n) is 6.96. The second-order valence-corrected chi connectivity index (χ2v) is 6.38. The van der Waals surface area contributed by atoms with Gasteiger partial charge in [0.25, 0.3) is 0 Å². The van der Waals surface area contributed by atoms with Crippen LogP contribution in [0, 0.1) is 17.3 Å². The molecule has 0 saturated heterocycles. The Balaban J connectivity index is 2.30. The Morgan fingerprint density at radius 1 is 1.33 bits per heavy atom. The van der Waals surface area contributed by atoms with Crippen molar-refractivity contribution in [3.8, 4) is 0 Å². The van der Waals surface area contributed by atoms with Gasteiger partial charge in [-0.15, -0.1) is 0 Å². The molecular formula is C14H28N2O2. The number of nitrogens with zero attached hydrogens (tertiary/aromatic N) is 1. The number of rotatable bonds is 5. The number of ether oxygens (including phenoxy) is 1. The van der Waals surface area contributed by atoms with Crippen LogP contribution in [0.4, 0.5) is 0 Å². The van der Waals surface area contributed by atoms with Crippen molar-refractivity contribution in [2.24, 2.45) is 28.1 Å². The van der Waals surface area contributed by atoms with Gasteiger partial charge in [0.1, 0.15) is 5.84 Å². The van der Waals surface area contributed by atoms with Crippen molar-refractivity contribution in [1.82, 2.24) is 0 Å². The molecule has 0 aliphatic heterocycles. The van der Waals surface area contributed by atoms with Crippen molar-refractivity contribution in [3.05, 3.63) is 0 Å². The molecule has 0 aromatic rings. The van der Waals surface area contributed by atoms with Gasteiger partial charge < -0.3 is 15.7 Å². The van der Waals surface area contributed by atoms with E-state index in [4.69, 9.17) is 15.7 Å². The van der Waals surface area contributed by atoms with Gasteiger partial charge >= 0.3 is 0 Å². The summed E-state index contributed by atoms with van der Waals surface area (Å²) in [4.78, 5) is 0. The lowest BCUT2D eigenvalue weighted by Gasteiger charge is -2.32. The summed E-state index contributed by atoms with van der Waals surface area (Å²) in [7, 11) is 0. The first-order valence-corrected chi connectivity index (χ1v) is 6.96. The van der Waals surface area contributed by atoms with Crippen LogP contribution < -0.4 is 5.73 Å². The minimum atomic E-state index is -0.303. The number of nitrogens with two attached hydrogens (primary N) is 1. The van der Waals surface area contributed by atoms with Crippen LogP contribution in [-0.2, 0) is 4.74 Å². The molecule has 3 atom stereocenters. The maximum Gasteiger partial charge on any atom is 0.144 e. The van der Waals surface area contributed by atoms with Crippen molar-refractivity contribution in [2.45, 2.75) is 59.5 Å². The predicted molar refractivity (Wildman–Crippen MR) is 73.7 cm³/mol. The SMILES string of the molecule is CC1CCC(OCCC(C)(C)C(N)=NO)CC1C. The van der Waals surface area contributed by atoms with Crippen molar-refractivity contribution < 1.29 is 9.94 Å². The standard InChI is InChI=1S/C14H28N2O2/c1-10-5-6-12(9-11(10)2)18-8-7-14(3,4)13(15)16-17/h10-12,17H,5-9H2,1-4H3,(H2,15,16). The molecule has 1 aliphatic carbocycles. The van der Waals surface area contributed by atoms with E-state index >= 15 is 0 Å². The maximum absolute atomic E-state index is 8.70. The first kappa shape index (κ1) is 15.3. The molecule has 106 valence electrons. The quantitative estimate of drug-likeness (QED) is 0.344. The fourth-order valence-corrected chi connectivity index (χ4v) is 2.39. The van der Waals surface area contributed by atoms with Gasteiger partial charge in [0, 0.05) is 12.0 Å². The molecule has 0 spiro atoms. The van der Waals surface area contributed by atoms with E-state index in [1.54, 1.807) is 0 Å². The highest BCUT2D eigenvalue weighted by Crippen LogP contribution is 2.31. The minimum Gasteiger partial charge on any atom is -0.409 e. The Labute approximate surface area is 111 Å². The van der Waals surface area contributed by atoms with Crippen molar-refractivity contribution in [1.29, 1.82) is 0 Å². The van der Waals surface area contributed by atoms with Gasteiger partial charge in [0.05, 0.1) is 6.10 Å². The Hall–Kier alpha value is -0.770. The smallest absolute Gasteiger partial charge is 0.144 e. The van der Waals surface area contributed by atoms with Crippen molar-refractivity contribution >= 4 is 5.84 Å². The lowest BCUT2D eigenvalue weighted by Crippen LogP contribution is -2.34. The summed E-state index contributed by atoms with van der Waals surface area (Å²) in [6, 6.07) is 0. The lowest BCUT2D eigenvalue weighted by molar-refractivity contribution is -0.00433. The van der Waals surface area contributed by atoms with Crippen LogP contribution in [0.25, 0.3) is 0 Å². The molecular weight excluding hydrogens is 228 g/mol. The molecule has 0 bridgehead atoms. The van der Waals surface area contributed by atoms with Gasteiger partial charge in [0.15, 0.2) is 0 Å². The van der Waals surface area contributed by atoms with Crippen LogP contribution in [0.2, 0.25) is 0 Å². The van der Waals surface area contributed by atoms with Gasteiger partial charge in [-0.3, -0.25) is 0 Å². The van der Waals surface area contributed by atoms with E-state index in [9.17, 15) is 0 Å². The number of hydrogen-bond acceptors (Lipinski definition) is 3. The van der Waals surface area contributed by atoms with Gasteiger partial charge in [-0.1, -0.05) is 32.9 Å². The molecule has 18 heavy (non-hydrogen) atoms. The van der Waals surface area contributed by atoms with E-state index < -0.39 is 0 Å². The summed E-state index contributed by atoms with van der Waals surface area (Å²) in [5.74, 6) is 1.84. The van der Waals surface area contributed by atoms with E-state index in [0.717, 1.165) is 31.1 Å². The number of hydrogen-bond donors (Lipinski definition) is 2. The predicted octanol–water partition coefficient (Wildman–Crippen LogP) is 2.99. The summed E-state index contributed by atoms with van der Waals surface area (Å²) in [6.07, 6.45) is 4.75. The second-order valence-electron chi connectivity index (χ2n) is 6.38. The summed E-state index contributed by atoms with van der Waals surface area (Å²) >= 11 is 0. The molecule has 0 heterocycles. The molecule has 0 radical (unpaired) electrons. The molecule has 4 heteroatoms. The van der Waals surface area contributed by atoms with Crippen LogP contribution >= 0.6 is 0 Å². The van der Waals surface area contributed by atoms with Crippen LogP contribution in [0.5, 0.6) is 0 Å². The molecule has 0 amide bonds. The highest BCUT2D eigenvalue weighted by atomic mass is 16.5. The summed E-state index contributed by atoms with van der Waals surface area (Å²) in [6.45, 7) is 9.24. The Morgan fingerprint density at radius 2 is 2.00 bits per heavy atom. The average molecular weight is 256 g/mol. The molecule has 4 nitrogen and oxygen atoms in total. The van der Waals surface area contributed by atoms with Crippen molar-refractivity contribution in [2.75, 3.05) is 6.61 Å². The highest BCUT2D eigenvalue weighted by molar-refractivity contribution is 5.85. The van der Waals surface area contributed by atoms with Crippen molar-refractivity contribution in [3.63, 3.8) is 0 Å². The summed E-state index contributed by atoms with van der Waals surface area (Å²) in [5, 5.41) is 11.8. The molecule has 1 rings (SSSR count). The zero-order valence-electron chi connectivity index (χ0n) is 12.1. The highest BCUT2D eigenvalue weighted by Gasteiger charge is 2.27. The fraction of sp³-hybridized carbons (Fsp3) is 0.929. The molecule has 0 aromatic carbocycles. The van der Waals surface area contributed by atoms with Crippen LogP contribution in [0.3, 0.4) is 0 Å². The topological polar surface area (TPSA) is 67.8 Å². The lowest BCUT2D eigenvalue weighted by atomic mass is 9.80. The first-order chi connectivity index (χ1) is 8.36. The zero-order valence-corrected chi connectivity index (χ0v) is 12.1. The Bertz CT molecular complexity index is 290. The zero-order chi connectivity index (χ0) is 13.8. The van der Waals surface area contributed by atoms with E-state index in [1.807, 2.05) is 13.8 Å². The molecule has 3 unspecified atom stereocenters. The largest absolute Gasteiger partial charge is 0.409 e. The van der Waals surface area contributed by atoms with Gasteiger partial charge in [-0.2, -0.15) is 0 Å². The Kier molecular flexibility index (Phi) is 5.45. The molecule has 3 N–H and O–H groups in total. The third-order valence-corrected chi connectivity index (χ3v) is 4.43. The van der Waals surface area contributed by atoms with E-state index in [1.165, 1.54) is 6.42 Å². The number of oxime groups is 1. The fourth-order valence-electron chi connectivity index (χ4n) is 2.39. The van der Waals surface area contributed by atoms with Crippen LogP contribution in [0.1, 0.15) is 53.4 Å². The average Bonchev–Trinajstić information content (AvgIpc) is 2.32. The second kappa shape index (κ2) is 6.41. The van der Waals surface area contributed by atoms with Crippen LogP contribution in [-0.4, -0.2) is 23.8 Å². The Morgan fingerprint density at radius 3 is 2.56 bits per heavy atom. The summed E-state index contributed by atoms with van der Waals surface area (Å²) in [5.41, 5.74) is 5.35. The summed E-state index contributed by atoms with van der Waals surface area (Å²) < 4.78 is 5.94. The van der Waals surface area contributed by atoms with Gasteiger partial charge in [-0.05, 0) is 37.5 Å². The van der Waals surface area contributed by atoms with Gasteiger partial charge in [0.2, 0.25) is 0 Å². The normalized spacial score (nSPS) is 30.4. The third kappa shape index (κ3) is 4.16. The minimum absolute atomic E-state index is 0.275. The van der Waals surface area contributed by atoms with Crippen LogP contribution in [0.15, 0.2) is 5.16 Å². The van der Waals surface area contributed by atoms with E-state index in [-0.39, 0.29) is 11.3 Å². The third-order valence-electron chi connectivity index (χ3n) is 4.43. The monoisotopic (exact) mass is 256 g/mol. The van der Waals surface area contributed by atoms with E-state index in [0.29, 0.717) is 12.7 Å². The molecule has 1 fully saturated rings. The molecule has 1 saturated carbocycles. The maximum atomic E-state index is 8.70. The molecule has 1 aliphatic rings. The molecule has 0 aromatic heterocycles.